The molecule has 0 aromatic heterocycles. The lowest BCUT2D eigenvalue weighted by Crippen LogP contribution is -2.12. The Labute approximate surface area is 48.2 Å². The van der Waals surface area contributed by atoms with E-state index in [2.05, 4.69) is 9.78 Å². The van der Waals surface area contributed by atoms with Crippen LogP contribution in [0, 0.1) is 10.1 Å². The topological polar surface area (TPSA) is 78.7 Å². The van der Waals surface area contributed by atoms with E-state index in [9.17, 15) is 19.4 Å². The molecule has 0 aliphatic carbocycles. The van der Waals surface area contributed by atoms with Gasteiger partial charge >= 0.3 is 5.97 Å². The van der Waals surface area contributed by atoms with Crippen LogP contribution in [0.3, 0.4) is 0 Å². The van der Waals surface area contributed by atoms with Gasteiger partial charge in [0.05, 0.1) is 0 Å². The quantitative estimate of drug-likeness (QED) is 0.393. The van der Waals surface area contributed by atoms with Crippen LogP contribution in [0.5, 0.6) is 0 Å². The van der Waals surface area contributed by atoms with Crippen molar-refractivity contribution in [2.24, 2.45) is 0 Å². The van der Waals surface area contributed by atoms with Crippen LogP contribution in [-0.4, -0.2) is 17.7 Å². The van der Waals surface area contributed by atoms with Crippen LogP contribution in [0.2, 0.25) is 0 Å². The number of nitrogens with zero attached hydrogens (tertiary/aromatic N) is 1. The Balaban J connectivity index is 3.28. The van der Waals surface area contributed by atoms with Gasteiger partial charge in [0, 0.05) is 4.53 Å². The Morgan fingerprint density at radius 3 is 2.67 bits per heavy atom. The van der Waals surface area contributed by atoms with Crippen molar-refractivity contribution in [1.82, 2.24) is 0 Å². The summed E-state index contributed by atoms with van der Waals surface area (Å²) in [5.41, 5.74) is 0. The summed E-state index contributed by atoms with van der Waals surface area (Å²) in [5, 5.41) is 8.05. The minimum Gasteiger partial charge on any atom is -0.302 e. The van der Waals surface area contributed by atoms with E-state index in [1.54, 1.807) is 0 Å². The fourth-order valence-corrected chi connectivity index (χ4v) is 0.128. The standard InChI is InChI=1S/C2H2FNO5/c3-9-2(5)1-8-4(6)7/h1H2. The van der Waals surface area contributed by atoms with Crippen molar-refractivity contribution in [3.8, 4) is 0 Å². The van der Waals surface area contributed by atoms with Gasteiger partial charge in [-0.2, -0.15) is 0 Å². The molecule has 0 heterocycles. The molecule has 0 radical (unpaired) electrons. The smallest absolute Gasteiger partial charge is 0.302 e. The van der Waals surface area contributed by atoms with E-state index in [4.69, 9.17) is 0 Å². The molecule has 0 aromatic rings. The van der Waals surface area contributed by atoms with Gasteiger partial charge < -0.3 is 4.84 Å². The SMILES string of the molecule is O=C(CO[N+](=O)[O-])OF. The Bertz CT molecular complexity index is 124. The first-order valence-electron chi connectivity index (χ1n) is 1.75. The van der Waals surface area contributed by atoms with Gasteiger partial charge in [-0.1, -0.05) is 0 Å². The zero-order chi connectivity index (χ0) is 7.28. The molecule has 0 saturated heterocycles. The molecule has 0 amide bonds. The van der Waals surface area contributed by atoms with Crippen molar-refractivity contribution >= 4 is 5.97 Å². The average Bonchev–Trinajstić information content (AvgIpc) is 1.83. The molecule has 0 aliphatic rings. The third-order valence-corrected chi connectivity index (χ3v) is 0.374. The Morgan fingerprint density at radius 2 is 2.33 bits per heavy atom. The number of rotatable bonds is 3. The third kappa shape index (κ3) is 4.45. The van der Waals surface area contributed by atoms with Crippen molar-refractivity contribution in [2.75, 3.05) is 6.61 Å². The predicted octanol–water partition coefficient (Wildman–Crippen LogP) is -0.378. The normalized spacial score (nSPS) is 8.11. The van der Waals surface area contributed by atoms with E-state index in [1.165, 1.54) is 0 Å². The van der Waals surface area contributed by atoms with Gasteiger partial charge in [-0.25, -0.2) is 4.79 Å². The van der Waals surface area contributed by atoms with E-state index in [-0.39, 0.29) is 0 Å². The van der Waals surface area contributed by atoms with Crippen molar-refractivity contribution in [3.05, 3.63) is 10.1 Å². The summed E-state index contributed by atoms with van der Waals surface area (Å²) in [7, 11) is 0. The summed E-state index contributed by atoms with van der Waals surface area (Å²) < 4.78 is 10.7. The van der Waals surface area contributed by atoms with Crippen LogP contribution in [0.25, 0.3) is 0 Å². The van der Waals surface area contributed by atoms with Gasteiger partial charge in [-0.15, -0.1) is 10.1 Å². The first kappa shape index (κ1) is 7.60. The largest absolute Gasteiger partial charge is 0.374 e. The molecule has 6 nitrogen and oxygen atoms in total. The maximum absolute atomic E-state index is 10.7. The van der Waals surface area contributed by atoms with E-state index in [0.717, 1.165) is 0 Å². The van der Waals surface area contributed by atoms with Crippen molar-refractivity contribution in [2.45, 2.75) is 0 Å². The summed E-state index contributed by atoms with van der Waals surface area (Å²) in [6.07, 6.45) is 0. The first-order chi connectivity index (χ1) is 4.16. The zero-order valence-electron chi connectivity index (χ0n) is 4.07. The van der Waals surface area contributed by atoms with Gasteiger partial charge in [0.1, 0.15) is 0 Å². The monoisotopic (exact) mass is 139 g/mol. The van der Waals surface area contributed by atoms with E-state index in [0.29, 0.717) is 0 Å². The van der Waals surface area contributed by atoms with Crippen LogP contribution >= 0.6 is 0 Å². The van der Waals surface area contributed by atoms with Crippen molar-refractivity contribution in [3.63, 3.8) is 0 Å². The lowest BCUT2D eigenvalue weighted by Gasteiger charge is -1.90. The van der Waals surface area contributed by atoms with Crippen LogP contribution in [0.15, 0.2) is 0 Å². The molecule has 0 saturated carbocycles. The number of carbonyl (C=O) groups excluding carboxylic acids is 1. The molecule has 0 fully saturated rings. The minimum absolute atomic E-state index is 1.02. The summed E-state index contributed by atoms with van der Waals surface area (Å²) in [4.78, 5) is 24.9. The van der Waals surface area contributed by atoms with Gasteiger partial charge in [0.2, 0.25) is 0 Å². The van der Waals surface area contributed by atoms with E-state index in [1.807, 2.05) is 0 Å². The predicted molar refractivity (Wildman–Crippen MR) is 20.1 cm³/mol. The van der Waals surface area contributed by atoms with E-state index < -0.39 is 17.7 Å². The summed E-state index contributed by atoms with van der Waals surface area (Å²) in [5.74, 6) is -1.44. The summed E-state index contributed by atoms with van der Waals surface area (Å²) >= 11 is 0. The number of hydrogen-bond donors (Lipinski definition) is 0. The van der Waals surface area contributed by atoms with Gasteiger partial charge in [-0.05, 0) is 0 Å². The molecule has 7 heteroatoms. The second-order valence-corrected chi connectivity index (χ2v) is 0.946. The van der Waals surface area contributed by atoms with Crippen LogP contribution in [0.1, 0.15) is 0 Å². The molecular weight excluding hydrogens is 137 g/mol. The summed E-state index contributed by atoms with van der Waals surface area (Å²) in [6, 6.07) is 0. The molecule has 0 bridgehead atoms. The Hall–Kier alpha value is -1.40. The maximum Gasteiger partial charge on any atom is 0.374 e. The van der Waals surface area contributed by atoms with Crippen molar-refractivity contribution < 1.29 is 24.2 Å². The highest BCUT2D eigenvalue weighted by atomic mass is 19.3. The van der Waals surface area contributed by atoms with Gasteiger partial charge in [-0.3, -0.25) is 4.94 Å². The molecule has 52 valence electrons. The molecular formula is C2H2FNO5. The highest BCUT2D eigenvalue weighted by molar-refractivity contribution is 5.69. The van der Waals surface area contributed by atoms with Gasteiger partial charge in [0.15, 0.2) is 6.61 Å². The maximum atomic E-state index is 10.7. The van der Waals surface area contributed by atoms with Gasteiger partial charge in [0.25, 0.3) is 5.09 Å². The molecule has 0 spiro atoms. The molecule has 0 rings (SSSR count). The first-order valence-corrected chi connectivity index (χ1v) is 1.75. The van der Waals surface area contributed by atoms with Crippen LogP contribution < -0.4 is 0 Å². The fourth-order valence-electron chi connectivity index (χ4n) is 0.128. The zero-order valence-corrected chi connectivity index (χ0v) is 4.07. The van der Waals surface area contributed by atoms with Crippen LogP contribution in [0.4, 0.5) is 4.53 Å². The molecule has 0 unspecified atom stereocenters. The van der Waals surface area contributed by atoms with E-state index >= 15 is 0 Å². The molecule has 0 aliphatic heterocycles. The summed E-state index contributed by atoms with van der Waals surface area (Å²) in [6.45, 7) is -1.02. The lowest BCUT2D eigenvalue weighted by molar-refractivity contribution is -0.754. The van der Waals surface area contributed by atoms with Crippen LogP contribution in [-0.2, 0) is 14.6 Å². The highest BCUT2D eigenvalue weighted by Gasteiger charge is 2.04. The average molecular weight is 139 g/mol. The molecule has 9 heavy (non-hydrogen) atoms. The third-order valence-electron chi connectivity index (χ3n) is 0.374. The molecule has 0 N–H and O–H groups in total. The number of halogens is 1. The second-order valence-electron chi connectivity index (χ2n) is 0.946. The Kier molecular flexibility index (Phi) is 3.03. The molecule has 0 aromatic carbocycles. The number of carbonyl (C=O) groups is 1. The van der Waals surface area contributed by atoms with Crippen molar-refractivity contribution in [1.29, 1.82) is 0 Å². The lowest BCUT2D eigenvalue weighted by atomic mass is 10.8. The fraction of sp³-hybridized carbons (Fsp3) is 0.500. The molecule has 0 atom stereocenters. The minimum atomic E-state index is -1.44. The Morgan fingerprint density at radius 1 is 1.78 bits per heavy atom. The highest BCUT2D eigenvalue weighted by Crippen LogP contribution is 1.80. The number of hydrogen-bond acceptors (Lipinski definition) is 5. The second kappa shape index (κ2) is 3.58.